The molecule has 0 aromatic carbocycles. The second kappa shape index (κ2) is 3.94. The molecule has 0 saturated heterocycles. The molecule has 0 N–H and O–H groups in total. The van der Waals surface area contributed by atoms with E-state index in [9.17, 15) is 0 Å². The van der Waals surface area contributed by atoms with Gasteiger partial charge in [-0.25, -0.2) is 4.98 Å². The Kier molecular flexibility index (Phi) is 2.91. The van der Waals surface area contributed by atoms with Gasteiger partial charge in [-0.1, -0.05) is 0 Å². The monoisotopic (exact) mass is 179 g/mol. The van der Waals surface area contributed by atoms with E-state index in [2.05, 4.69) is 4.98 Å². The summed E-state index contributed by atoms with van der Waals surface area (Å²) in [6.07, 6.45) is 0. The Morgan fingerprint density at radius 3 is 2.54 bits per heavy atom. The third kappa shape index (κ3) is 1.81. The van der Waals surface area contributed by atoms with Crippen LogP contribution in [0.4, 0.5) is 5.88 Å². The summed E-state index contributed by atoms with van der Waals surface area (Å²) in [6.45, 7) is 7.42. The standard InChI is InChI=1S/C9H13N3O/c1-4-12(5-2)9-8(6-10)11-7(3)13-9/h4-5H2,1-3H3. The minimum atomic E-state index is 0.376. The summed E-state index contributed by atoms with van der Waals surface area (Å²) in [5.41, 5.74) is 0.376. The van der Waals surface area contributed by atoms with E-state index in [-0.39, 0.29) is 0 Å². The summed E-state index contributed by atoms with van der Waals surface area (Å²) in [6, 6.07) is 2.02. The van der Waals surface area contributed by atoms with Gasteiger partial charge in [0, 0.05) is 20.0 Å². The minimum absolute atomic E-state index is 0.376. The maximum absolute atomic E-state index is 8.77. The highest BCUT2D eigenvalue weighted by Gasteiger charge is 2.14. The molecule has 0 amide bonds. The van der Waals surface area contributed by atoms with Crippen LogP contribution in [0.2, 0.25) is 0 Å². The van der Waals surface area contributed by atoms with Crippen LogP contribution in [-0.4, -0.2) is 18.1 Å². The average Bonchev–Trinajstić information content (AvgIpc) is 2.49. The Hall–Kier alpha value is -1.50. The van der Waals surface area contributed by atoms with Gasteiger partial charge in [-0.3, -0.25) is 0 Å². The summed E-state index contributed by atoms with van der Waals surface area (Å²) >= 11 is 0. The van der Waals surface area contributed by atoms with Gasteiger partial charge >= 0.3 is 0 Å². The number of hydrogen-bond acceptors (Lipinski definition) is 4. The topological polar surface area (TPSA) is 53.1 Å². The number of aromatic nitrogens is 1. The molecule has 13 heavy (non-hydrogen) atoms. The maximum Gasteiger partial charge on any atom is 0.234 e. The fraction of sp³-hybridized carbons (Fsp3) is 0.556. The summed E-state index contributed by atoms with van der Waals surface area (Å²) < 4.78 is 5.34. The van der Waals surface area contributed by atoms with Crippen molar-refractivity contribution in [2.45, 2.75) is 20.8 Å². The predicted octanol–water partition coefficient (Wildman–Crippen LogP) is 1.70. The summed E-state index contributed by atoms with van der Waals surface area (Å²) in [5, 5.41) is 8.77. The summed E-state index contributed by atoms with van der Waals surface area (Å²) in [4.78, 5) is 5.95. The van der Waals surface area contributed by atoms with Crippen molar-refractivity contribution < 1.29 is 4.42 Å². The SMILES string of the molecule is CCN(CC)c1oc(C)nc1C#N. The molecule has 0 spiro atoms. The van der Waals surface area contributed by atoms with Gasteiger partial charge in [0.15, 0.2) is 5.89 Å². The minimum Gasteiger partial charge on any atom is -0.424 e. The predicted molar refractivity (Wildman–Crippen MR) is 49.5 cm³/mol. The first-order valence-electron chi connectivity index (χ1n) is 4.35. The Morgan fingerprint density at radius 1 is 1.46 bits per heavy atom. The lowest BCUT2D eigenvalue weighted by atomic mass is 10.4. The number of anilines is 1. The van der Waals surface area contributed by atoms with Crippen molar-refractivity contribution >= 4 is 5.88 Å². The molecule has 0 unspecified atom stereocenters. The number of oxazole rings is 1. The summed E-state index contributed by atoms with van der Waals surface area (Å²) in [7, 11) is 0. The van der Waals surface area contributed by atoms with Gasteiger partial charge in [0.05, 0.1) is 0 Å². The molecule has 0 bridgehead atoms. The first-order chi connectivity index (χ1) is 6.22. The van der Waals surface area contributed by atoms with Crippen LogP contribution in [-0.2, 0) is 0 Å². The fourth-order valence-electron chi connectivity index (χ4n) is 1.21. The molecule has 0 radical (unpaired) electrons. The van der Waals surface area contributed by atoms with Crippen molar-refractivity contribution in [3.8, 4) is 6.07 Å². The Morgan fingerprint density at radius 2 is 2.08 bits per heavy atom. The quantitative estimate of drug-likeness (QED) is 0.708. The first kappa shape index (κ1) is 9.59. The number of aryl methyl sites for hydroxylation is 1. The fourth-order valence-corrected chi connectivity index (χ4v) is 1.21. The molecule has 1 heterocycles. The number of nitriles is 1. The second-order valence-electron chi connectivity index (χ2n) is 2.67. The van der Waals surface area contributed by atoms with Crippen LogP contribution in [0.3, 0.4) is 0 Å². The van der Waals surface area contributed by atoms with E-state index < -0.39 is 0 Å². The van der Waals surface area contributed by atoms with Gasteiger partial charge in [-0.2, -0.15) is 5.26 Å². The largest absolute Gasteiger partial charge is 0.424 e. The highest BCUT2D eigenvalue weighted by Crippen LogP contribution is 2.20. The van der Waals surface area contributed by atoms with Crippen LogP contribution in [0, 0.1) is 18.3 Å². The molecule has 0 atom stereocenters. The molecule has 4 heteroatoms. The number of hydrogen-bond donors (Lipinski definition) is 0. The Labute approximate surface area is 77.8 Å². The third-order valence-corrected chi connectivity index (χ3v) is 1.87. The van der Waals surface area contributed by atoms with Crippen LogP contribution < -0.4 is 4.90 Å². The van der Waals surface area contributed by atoms with Crippen LogP contribution in [0.5, 0.6) is 0 Å². The molecule has 0 aliphatic rings. The average molecular weight is 179 g/mol. The highest BCUT2D eigenvalue weighted by molar-refractivity contribution is 5.47. The van der Waals surface area contributed by atoms with E-state index in [4.69, 9.17) is 9.68 Å². The zero-order valence-electron chi connectivity index (χ0n) is 8.16. The molecule has 1 aromatic heterocycles. The number of nitrogens with zero attached hydrogens (tertiary/aromatic N) is 3. The first-order valence-corrected chi connectivity index (χ1v) is 4.35. The lowest BCUT2D eigenvalue weighted by molar-refractivity contribution is 0.511. The van der Waals surface area contributed by atoms with Gasteiger partial charge in [0.1, 0.15) is 6.07 Å². The van der Waals surface area contributed by atoms with Gasteiger partial charge in [-0.05, 0) is 13.8 Å². The zero-order valence-corrected chi connectivity index (χ0v) is 8.16. The molecule has 0 aliphatic heterocycles. The van der Waals surface area contributed by atoms with Crippen molar-refractivity contribution in [2.75, 3.05) is 18.0 Å². The Bertz CT molecular complexity index is 320. The zero-order chi connectivity index (χ0) is 9.84. The van der Waals surface area contributed by atoms with Crippen molar-refractivity contribution in [1.82, 2.24) is 4.98 Å². The van der Waals surface area contributed by atoms with Gasteiger partial charge in [-0.15, -0.1) is 0 Å². The van der Waals surface area contributed by atoms with Crippen LogP contribution in [0.25, 0.3) is 0 Å². The molecule has 70 valence electrons. The third-order valence-electron chi connectivity index (χ3n) is 1.87. The molecule has 0 saturated carbocycles. The highest BCUT2D eigenvalue weighted by atomic mass is 16.4. The van der Waals surface area contributed by atoms with Gasteiger partial charge in [0.2, 0.25) is 11.6 Å². The second-order valence-corrected chi connectivity index (χ2v) is 2.67. The molecular formula is C9H13N3O. The van der Waals surface area contributed by atoms with Crippen LogP contribution >= 0.6 is 0 Å². The van der Waals surface area contributed by atoms with Crippen LogP contribution in [0.1, 0.15) is 25.4 Å². The Balaban J connectivity index is 3.05. The van der Waals surface area contributed by atoms with E-state index in [1.807, 2.05) is 24.8 Å². The van der Waals surface area contributed by atoms with E-state index in [1.165, 1.54) is 0 Å². The van der Waals surface area contributed by atoms with Gasteiger partial charge < -0.3 is 9.32 Å². The van der Waals surface area contributed by atoms with Gasteiger partial charge in [0.25, 0.3) is 0 Å². The smallest absolute Gasteiger partial charge is 0.234 e. The van der Waals surface area contributed by atoms with E-state index in [0.717, 1.165) is 13.1 Å². The lowest BCUT2D eigenvalue weighted by Crippen LogP contribution is -2.22. The molecule has 4 nitrogen and oxygen atoms in total. The van der Waals surface area contributed by atoms with E-state index in [0.29, 0.717) is 17.5 Å². The van der Waals surface area contributed by atoms with E-state index in [1.54, 1.807) is 6.92 Å². The van der Waals surface area contributed by atoms with E-state index >= 15 is 0 Å². The van der Waals surface area contributed by atoms with Crippen molar-refractivity contribution in [3.63, 3.8) is 0 Å². The maximum atomic E-state index is 8.77. The molecule has 1 rings (SSSR count). The normalized spacial score (nSPS) is 9.69. The molecule has 0 aliphatic carbocycles. The van der Waals surface area contributed by atoms with Crippen molar-refractivity contribution in [1.29, 1.82) is 5.26 Å². The lowest BCUT2D eigenvalue weighted by Gasteiger charge is -2.16. The van der Waals surface area contributed by atoms with Crippen molar-refractivity contribution in [3.05, 3.63) is 11.6 Å². The molecular weight excluding hydrogens is 166 g/mol. The number of rotatable bonds is 3. The van der Waals surface area contributed by atoms with Crippen LogP contribution in [0.15, 0.2) is 4.42 Å². The van der Waals surface area contributed by atoms with Crippen molar-refractivity contribution in [2.24, 2.45) is 0 Å². The molecule has 0 fully saturated rings. The summed E-state index contributed by atoms with van der Waals surface area (Å²) in [5.74, 6) is 1.13. The molecule has 1 aromatic rings.